The van der Waals surface area contributed by atoms with E-state index in [-0.39, 0.29) is 13.0 Å². The van der Waals surface area contributed by atoms with E-state index in [4.69, 9.17) is 21.4 Å². The molecule has 0 bridgehead atoms. The van der Waals surface area contributed by atoms with Gasteiger partial charge in [0.2, 0.25) is 5.91 Å². The largest absolute Gasteiger partial charge is 0.486 e. The van der Waals surface area contributed by atoms with Gasteiger partial charge in [0.25, 0.3) is 0 Å². The summed E-state index contributed by atoms with van der Waals surface area (Å²) in [6.45, 7) is -0.695. The molecule has 1 aromatic carbocycles. The summed E-state index contributed by atoms with van der Waals surface area (Å²) in [6.07, 6.45) is -7.53. The summed E-state index contributed by atoms with van der Waals surface area (Å²) >= 11 is 7.04. The Labute approximate surface area is 150 Å². The molecule has 0 spiro atoms. The number of aliphatic hydroxyl groups excluding tert-OH is 1. The highest BCUT2D eigenvalue weighted by molar-refractivity contribution is 7.09. The predicted molar refractivity (Wildman–Crippen MR) is 86.7 cm³/mol. The van der Waals surface area contributed by atoms with Gasteiger partial charge in [0.1, 0.15) is 17.4 Å². The Hall–Kier alpha value is -1.84. The summed E-state index contributed by atoms with van der Waals surface area (Å²) in [5.74, 6) is -0.0428. The van der Waals surface area contributed by atoms with Crippen molar-refractivity contribution in [1.82, 2.24) is 10.3 Å². The molecule has 2 aromatic rings. The van der Waals surface area contributed by atoms with E-state index >= 15 is 0 Å². The van der Waals surface area contributed by atoms with E-state index in [2.05, 4.69) is 4.98 Å². The summed E-state index contributed by atoms with van der Waals surface area (Å²) in [7, 11) is 0. The highest BCUT2D eigenvalue weighted by Gasteiger charge is 2.38. The molecule has 0 aliphatic heterocycles. The third-order valence-corrected chi connectivity index (χ3v) is 4.11. The van der Waals surface area contributed by atoms with Crippen LogP contribution in [0.3, 0.4) is 0 Å². The van der Waals surface area contributed by atoms with Crippen LogP contribution >= 0.6 is 22.9 Å². The molecule has 136 valence electrons. The number of alkyl halides is 3. The number of benzene rings is 1. The molecule has 0 aliphatic carbocycles. The first-order valence-electron chi connectivity index (χ1n) is 7.07. The van der Waals surface area contributed by atoms with Crippen LogP contribution in [0.15, 0.2) is 29.6 Å². The van der Waals surface area contributed by atoms with Crippen molar-refractivity contribution in [2.45, 2.75) is 25.3 Å². The van der Waals surface area contributed by atoms with Crippen LogP contribution in [0.2, 0.25) is 5.02 Å². The fourth-order valence-electron chi connectivity index (χ4n) is 1.73. The number of rotatable bonds is 7. The number of ether oxygens (including phenoxy) is 1. The van der Waals surface area contributed by atoms with Gasteiger partial charge in [0, 0.05) is 10.4 Å². The van der Waals surface area contributed by atoms with Crippen LogP contribution in [-0.2, 0) is 17.8 Å². The van der Waals surface area contributed by atoms with Crippen LogP contribution in [0, 0.1) is 0 Å². The number of aromatic nitrogens is 1. The minimum atomic E-state index is -4.76. The average molecular weight is 395 g/mol. The van der Waals surface area contributed by atoms with E-state index in [1.165, 1.54) is 11.3 Å². The highest BCUT2D eigenvalue weighted by Crippen LogP contribution is 2.20. The number of carbonyl (C=O) groups excluding carboxylic acids is 1. The second-order valence-corrected chi connectivity index (χ2v) is 6.39. The van der Waals surface area contributed by atoms with E-state index in [0.29, 0.717) is 21.5 Å². The van der Waals surface area contributed by atoms with Crippen LogP contribution in [0.1, 0.15) is 10.7 Å². The van der Waals surface area contributed by atoms with Crippen LogP contribution in [-0.4, -0.2) is 34.8 Å². The molecule has 0 radical (unpaired) electrons. The smallest absolute Gasteiger partial charge is 0.416 e. The van der Waals surface area contributed by atoms with Crippen molar-refractivity contribution < 1.29 is 27.8 Å². The monoisotopic (exact) mass is 394 g/mol. The summed E-state index contributed by atoms with van der Waals surface area (Å²) in [4.78, 5) is 15.8. The second kappa shape index (κ2) is 8.50. The minimum Gasteiger partial charge on any atom is -0.486 e. The van der Waals surface area contributed by atoms with Crippen LogP contribution < -0.4 is 10.1 Å². The molecule has 1 amide bonds. The number of nitrogens with zero attached hydrogens (tertiary/aromatic N) is 1. The number of nitrogens with one attached hydrogen (secondary N) is 1. The third kappa shape index (κ3) is 6.52. The van der Waals surface area contributed by atoms with Gasteiger partial charge in [-0.15, -0.1) is 11.3 Å². The maximum Gasteiger partial charge on any atom is 0.416 e. The number of amides is 1. The average Bonchev–Trinajstić information content (AvgIpc) is 2.98. The number of hydrogen-bond acceptors (Lipinski definition) is 5. The van der Waals surface area contributed by atoms with Gasteiger partial charge in [-0.2, -0.15) is 13.2 Å². The molecule has 0 fully saturated rings. The molecule has 0 aliphatic rings. The Morgan fingerprint density at radius 2 is 2.04 bits per heavy atom. The van der Waals surface area contributed by atoms with Crippen molar-refractivity contribution in [1.29, 1.82) is 0 Å². The van der Waals surface area contributed by atoms with Gasteiger partial charge in [-0.05, 0) is 24.3 Å². The summed E-state index contributed by atoms with van der Waals surface area (Å²) in [5.41, 5.74) is 0.415. The summed E-state index contributed by atoms with van der Waals surface area (Å²) in [6, 6.07) is 6.78. The fraction of sp³-hybridized carbons (Fsp3) is 0.333. The minimum absolute atomic E-state index is 0.179. The topological polar surface area (TPSA) is 71.5 Å². The SMILES string of the molecule is O=C(Cc1csc(COc2ccc(Cl)cc2)n1)NC[C@H](O)C(F)(F)F. The first kappa shape index (κ1) is 19.5. The molecule has 2 rings (SSSR count). The zero-order chi connectivity index (χ0) is 18.4. The number of hydrogen-bond donors (Lipinski definition) is 2. The molecule has 5 nitrogen and oxygen atoms in total. The highest BCUT2D eigenvalue weighted by atomic mass is 35.5. The standard InChI is InChI=1S/C15H14ClF3N2O3S/c16-9-1-3-11(4-2-9)24-7-14-21-10(8-25-14)5-13(23)20-6-12(22)15(17,18)19/h1-4,8,12,22H,5-7H2,(H,20,23)/t12-/m0/s1. The van der Waals surface area contributed by atoms with Crippen molar-refractivity contribution in [2.24, 2.45) is 0 Å². The molecule has 0 saturated heterocycles. The lowest BCUT2D eigenvalue weighted by Crippen LogP contribution is -2.41. The van der Waals surface area contributed by atoms with Crippen LogP contribution in [0.4, 0.5) is 13.2 Å². The van der Waals surface area contributed by atoms with Gasteiger partial charge < -0.3 is 15.2 Å². The number of aliphatic hydroxyl groups is 1. The number of carbonyl (C=O) groups is 1. The molecular weight excluding hydrogens is 381 g/mol. The Kier molecular flexibility index (Phi) is 6.63. The first-order chi connectivity index (χ1) is 11.7. The van der Waals surface area contributed by atoms with Crippen molar-refractivity contribution in [3.63, 3.8) is 0 Å². The third-order valence-electron chi connectivity index (χ3n) is 2.99. The molecule has 10 heteroatoms. The van der Waals surface area contributed by atoms with Crippen molar-refractivity contribution in [3.8, 4) is 5.75 Å². The fourth-order valence-corrected chi connectivity index (χ4v) is 2.56. The molecular formula is C15H14ClF3N2O3S. The molecule has 0 saturated carbocycles. The normalized spacial score (nSPS) is 12.7. The summed E-state index contributed by atoms with van der Waals surface area (Å²) in [5, 5.41) is 13.7. The van der Waals surface area contributed by atoms with E-state index in [0.717, 1.165) is 0 Å². The quantitative estimate of drug-likeness (QED) is 0.757. The molecule has 1 aromatic heterocycles. The molecule has 1 heterocycles. The van der Waals surface area contributed by atoms with E-state index < -0.39 is 24.7 Å². The van der Waals surface area contributed by atoms with E-state index in [9.17, 15) is 18.0 Å². The molecule has 2 N–H and O–H groups in total. The molecule has 25 heavy (non-hydrogen) atoms. The Balaban J connectivity index is 1.78. The van der Waals surface area contributed by atoms with Crippen LogP contribution in [0.25, 0.3) is 0 Å². The lowest BCUT2D eigenvalue weighted by atomic mass is 10.3. The predicted octanol–water partition coefficient (Wildman–Crippen LogP) is 2.96. The Morgan fingerprint density at radius 3 is 2.68 bits per heavy atom. The van der Waals surface area contributed by atoms with Crippen molar-refractivity contribution in [3.05, 3.63) is 45.4 Å². The summed E-state index contributed by atoms with van der Waals surface area (Å²) < 4.78 is 41.9. The van der Waals surface area contributed by atoms with Crippen molar-refractivity contribution >= 4 is 28.8 Å². The zero-order valence-electron chi connectivity index (χ0n) is 12.7. The molecule has 1 atom stereocenters. The Morgan fingerprint density at radius 1 is 1.36 bits per heavy atom. The lowest BCUT2D eigenvalue weighted by molar-refractivity contribution is -0.201. The van der Waals surface area contributed by atoms with Gasteiger partial charge in [-0.1, -0.05) is 11.6 Å². The second-order valence-electron chi connectivity index (χ2n) is 5.01. The maximum absolute atomic E-state index is 12.1. The number of thiazole rings is 1. The lowest BCUT2D eigenvalue weighted by Gasteiger charge is -2.14. The zero-order valence-corrected chi connectivity index (χ0v) is 14.3. The van der Waals surface area contributed by atoms with Crippen molar-refractivity contribution in [2.75, 3.05) is 6.54 Å². The Bertz CT molecular complexity index is 707. The molecule has 0 unspecified atom stereocenters. The van der Waals surface area contributed by atoms with E-state index in [1.54, 1.807) is 29.6 Å². The van der Waals surface area contributed by atoms with Crippen LogP contribution in [0.5, 0.6) is 5.75 Å². The van der Waals surface area contributed by atoms with Gasteiger partial charge >= 0.3 is 6.18 Å². The van der Waals surface area contributed by atoms with Gasteiger partial charge in [0.15, 0.2) is 6.10 Å². The maximum atomic E-state index is 12.1. The van der Waals surface area contributed by atoms with Gasteiger partial charge in [-0.25, -0.2) is 4.98 Å². The van der Waals surface area contributed by atoms with Gasteiger partial charge in [-0.3, -0.25) is 4.79 Å². The first-order valence-corrected chi connectivity index (χ1v) is 8.33. The van der Waals surface area contributed by atoms with E-state index in [1.807, 2.05) is 5.32 Å². The van der Waals surface area contributed by atoms with Gasteiger partial charge in [0.05, 0.1) is 18.7 Å². The number of halogens is 4.